The maximum Gasteiger partial charge on any atom is 0.257 e. The predicted molar refractivity (Wildman–Crippen MR) is 80.2 cm³/mol. The Bertz CT molecular complexity index is 579. The molecule has 0 saturated carbocycles. The average Bonchev–Trinajstić information content (AvgIpc) is 2.92. The molecule has 0 amide bonds. The number of aryl methyl sites for hydroxylation is 1. The van der Waals surface area contributed by atoms with E-state index in [4.69, 9.17) is 0 Å². The topological polar surface area (TPSA) is 47.7 Å². The summed E-state index contributed by atoms with van der Waals surface area (Å²) in [6.07, 6.45) is 1.02. The Morgan fingerprint density at radius 2 is 1.81 bits per heavy atom. The fourth-order valence-electron chi connectivity index (χ4n) is 2.10. The standard InChI is InChI=1S/C13H19F2N5.ClH/c1-4-19-10(3)12(7-18-19)16-5-11-6-17-20(9(11)2)8-13(14)15;/h6-7,13,16H,4-5,8H2,1-3H3;1H. The third-order valence-corrected chi connectivity index (χ3v) is 3.39. The quantitative estimate of drug-likeness (QED) is 0.890. The second-order valence-corrected chi connectivity index (χ2v) is 4.64. The van der Waals surface area contributed by atoms with Gasteiger partial charge in [-0.25, -0.2) is 8.78 Å². The highest BCUT2D eigenvalue weighted by Crippen LogP contribution is 2.16. The summed E-state index contributed by atoms with van der Waals surface area (Å²) < 4.78 is 28.0. The first-order valence-electron chi connectivity index (χ1n) is 6.58. The van der Waals surface area contributed by atoms with Crippen molar-refractivity contribution in [2.75, 3.05) is 5.32 Å². The van der Waals surface area contributed by atoms with Gasteiger partial charge in [-0.3, -0.25) is 9.36 Å². The fraction of sp³-hybridized carbons (Fsp3) is 0.538. The second-order valence-electron chi connectivity index (χ2n) is 4.64. The van der Waals surface area contributed by atoms with Gasteiger partial charge in [0, 0.05) is 24.3 Å². The number of alkyl halides is 2. The Morgan fingerprint density at radius 1 is 1.14 bits per heavy atom. The molecule has 0 spiro atoms. The van der Waals surface area contributed by atoms with Crippen molar-refractivity contribution >= 4 is 18.1 Å². The number of halogens is 3. The van der Waals surface area contributed by atoms with Crippen LogP contribution in [0.3, 0.4) is 0 Å². The minimum absolute atomic E-state index is 0. The van der Waals surface area contributed by atoms with E-state index in [1.165, 1.54) is 4.68 Å². The van der Waals surface area contributed by atoms with E-state index in [1.54, 1.807) is 19.3 Å². The number of anilines is 1. The first-order chi connectivity index (χ1) is 9.52. The first-order valence-corrected chi connectivity index (χ1v) is 6.58. The van der Waals surface area contributed by atoms with Crippen molar-refractivity contribution < 1.29 is 8.78 Å². The van der Waals surface area contributed by atoms with Crippen LogP contribution in [0, 0.1) is 13.8 Å². The molecule has 2 aromatic heterocycles. The van der Waals surface area contributed by atoms with E-state index in [0.717, 1.165) is 29.2 Å². The van der Waals surface area contributed by atoms with E-state index in [9.17, 15) is 8.78 Å². The van der Waals surface area contributed by atoms with Gasteiger partial charge in [-0.15, -0.1) is 12.4 Å². The Morgan fingerprint density at radius 3 is 2.38 bits per heavy atom. The molecule has 8 heteroatoms. The van der Waals surface area contributed by atoms with E-state index in [-0.39, 0.29) is 19.0 Å². The van der Waals surface area contributed by atoms with Crippen LogP contribution in [0.15, 0.2) is 12.4 Å². The summed E-state index contributed by atoms with van der Waals surface area (Å²) in [7, 11) is 0. The summed E-state index contributed by atoms with van der Waals surface area (Å²) in [5.41, 5.74) is 3.69. The van der Waals surface area contributed by atoms with Crippen LogP contribution in [0.5, 0.6) is 0 Å². The molecule has 21 heavy (non-hydrogen) atoms. The molecule has 118 valence electrons. The van der Waals surface area contributed by atoms with Gasteiger partial charge in [0.15, 0.2) is 0 Å². The number of aromatic nitrogens is 4. The van der Waals surface area contributed by atoms with Crippen LogP contribution in [0.1, 0.15) is 23.9 Å². The number of nitrogens with one attached hydrogen (secondary N) is 1. The molecule has 2 heterocycles. The van der Waals surface area contributed by atoms with Crippen LogP contribution in [-0.2, 0) is 19.6 Å². The summed E-state index contributed by atoms with van der Waals surface area (Å²) in [5.74, 6) is 0. The SMILES string of the molecule is CCn1ncc(NCc2cnn(CC(F)F)c2C)c1C.Cl. The molecule has 0 bridgehead atoms. The van der Waals surface area contributed by atoms with Crippen molar-refractivity contribution in [2.24, 2.45) is 0 Å². The Balaban J connectivity index is 0.00000220. The molecular weight excluding hydrogens is 300 g/mol. The van der Waals surface area contributed by atoms with E-state index < -0.39 is 6.43 Å². The van der Waals surface area contributed by atoms with Gasteiger partial charge in [0.2, 0.25) is 0 Å². The molecule has 0 atom stereocenters. The van der Waals surface area contributed by atoms with Crippen molar-refractivity contribution in [3.63, 3.8) is 0 Å². The van der Waals surface area contributed by atoms with Crippen LogP contribution in [0.25, 0.3) is 0 Å². The van der Waals surface area contributed by atoms with E-state index in [0.29, 0.717) is 6.54 Å². The molecule has 0 aliphatic rings. The highest BCUT2D eigenvalue weighted by atomic mass is 35.5. The summed E-state index contributed by atoms with van der Waals surface area (Å²) in [5, 5.41) is 11.5. The number of rotatable bonds is 6. The summed E-state index contributed by atoms with van der Waals surface area (Å²) in [4.78, 5) is 0. The van der Waals surface area contributed by atoms with Gasteiger partial charge in [-0.1, -0.05) is 0 Å². The molecule has 5 nitrogen and oxygen atoms in total. The molecule has 0 radical (unpaired) electrons. The van der Waals surface area contributed by atoms with Crippen LogP contribution in [0.4, 0.5) is 14.5 Å². The minimum atomic E-state index is -2.39. The molecule has 0 saturated heterocycles. The number of hydrogen-bond acceptors (Lipinski definition) is 3. The van der Waals surface area contributed by atoms with E-state index in [1.807, 2.05) is 18.5 Å². The third-order valence-electron chi connectivity index (χ3n) is 3.39. The summed E-state index contributed by atoms with van der Waals surface area (Å²) >= 11 is 0. The molecule has 2 aromatic rings. The third kappa shape index (κ3) is 3.93. The zero-order valence-corrected chi connectivity index (χ0v) is 13.1. The zero-order chi connectivity index (χ0) is 14.7. The van der Waals surface area contributed by atoms with Crippen LogP contribution in [-0.4, -0.2) is 26.0 Å². The lowest BCUT2D eigenvalue weighted by Gasteiger charge is -2.07. The van der Waals surface area contributed by atoms with Crippen molar-refractivity contribution in [2.45, 2.75) is 46.8 Å². The lowest BCUT2D eigenvalue weighted by molar-refractivity contribution is 0.121. The van der Waals surface area contributed by atoms with Crippen LogP contribution in [0.2, 0.25) is 0 Å². The minimum Gasteiger partial charge on any atom is -0.378 e. The van der Waals surface area contributed by atoms with Crippen LogP contribution >= 0.6 is 12.4 Å². The lowest BCUT2D eigenvalue weighted by atomic mass is 10.2. The van der Waals surface area contributed by atoms with Gasteiger partial charge >= 0.3 is 0 Å². The van der Waals surface area contributed by atoms with Crippen molar-refractivity contribution in [1.82, 2.24) is 19.6 Å². The van der Waals surface area contributed by atoms with Gasteiger partial charge in [0.25, 0.3) is 6.43 Å². The molecule has 0 aromatic carbocycles. The number of nitrogens with zero attached hydrogens (tertiary/aromatic N) is 4. The normalized spacial score (nSPS) is 10.8. The zero-order valence-electron chi connectivity index (χ0n) is 12.3. The van der Waals surface area contributed by atoms with Gasteiger partial charge < -0.3 is 5.32 Å². The smallest absolute Gasteiger partial charge is 0.257 e. The highest BCUT2D eigenvalue weighted by molar-refractivity contribution is 5.85. The van der Waals surface area contributed by atoms with Crippen molar-refractivity contribution in [1.29, 1.82) is 0 Å². The highest BCUT2D eigenvalue weighted by Gasteiger charge is 2.11. The average molecular weight is 320 g/mol. The maximum atomic E-state index is 12.4. The first kappa shape index (κ1) is 17.4. The molecule has 0 unspecified atom stereocenters. The molecule has 2 rings (SSSR count). The van der Waals surface area contributed by atoms with Crippen LogP contribution < -0.4 is 5.32 Å². The fourth-order valence-corrected chi connectivity index (χ4v) is 2.10. The Labute approximate surface area is 128 Å². The summed E-state index contributed by atoms with van der Waals surface area (Å²) in [6.45, 7) is 6.83. The largest absolute Gasteiger partial charge is 0.378 e. The van der Waals surface area contributed by atoms with Gasteiger partial charge in [0.1, 0.15) is 6.54 Å². The Hall–Kier alpha value is -1.63. The molecular formula is C13H20ClF2N5. The lowest BCUT2D eigenvalue weighted by Crippen LogP contribution is -2.10. The van der Waals surface area contributed by atoms with Gasteiger partial charge in [-0.05, 0) is 20.8 Å². The maximum absolute atomic E-state index is 12.4. The molecule has 0 fully saturated rings. The van der Waals surface area contributed by atoms with Gasteiger partial charge in [-0.2, -0.15) is 10.2 Å². The molecule has 0 aliphatic heterocycles. The van der Waals surface area contributed by atoms with Crippen molar-refractivity contribution in [3.05, 3.63) is 29.3 Å². The van der Waals surface area contributed by atoms with E-state index in [2.05, 4.69) is 15.5 Å². The molecule has 1 N–H and O–H groups in total. The molecule has 0 aliphatic carbocycles. The van der Waals surface area contributed by atoms with Crippen molar-refractivity contribution in [3.8, 4) is 0 Å². The predicted octanol–water partition coefficient (Wildman–Crippen LogP) is 3.02. The number of hydrogen-bond donors (Lipinski definition) is 1. The van der Waals surface area contributed by atoms with E-state index >= 15 is 0 Å². The van der Waals surface area contributed by atoms with Gasteiger partial charge in [0.05, 0.1) is 23.8 Å². The Kier molecular flexibility index (Phi) is 6.14. The monoisotopic (exact) mass is 319 g/mol. The summed E-state index contributed by atoms with van der Waals surface area (Å²) in [6, 6.07) is 0. The second kappa shape index (κ2) is 7.40.